The number of hydrogen-bond acceptors (Lipinski definition) is 7. The number of rotatable bonds is 5. The summed E-state index contributed by atoms with van der Waals surface area (Å²) in [6.07, 6.45) is 4.66. The van der Waals surface area contributed by atoms with Gasteiger partial charge in [-0.1, -0.05) is 24.6 Å². The van der Waals surface area contributed by atoms with Gasteiger partial charge in [0.2, 0.25) is 6.79 Å². The third-order valence-corrected chi connectivity index (χ3v) is 6.12. The van der Waals surface area contributed by atoms with Gasteiger partial charge < -0.3 is 19.5 Å². The molecule has 0 atom stereocenters. The number of pyridine rings is 1. The predicted molar refractivity (Wildman–Crippen MR) is 124 cm³/mol. The van der Waals surface area contributed by atoms with E-state index in [1.807, 2.05) is 24.3 Å². The van der Waals surface area contributed by atoms with Crippen LogP contribution in [0.25, 0.3) is 10.9 Å². The van der Waals surface area contributed by atoms with E-state index in [4.69, 9.17) is 19.2 Å². The van der Waals surface area contributed by atoms with Crippen LogP contribution in [-0.2, 0) is 22.4 Å². The minimum Gasteiger partial charge on any atom is -0.454 e. The van der Waals surface area contributed by atoms with Crippen molar-refractivity contribution in [2.24, 2.45) is 0 Å². The minimum absolute atomic E-state index is 0.0475. The molecule has 3 aromatic rings. The van der Waals surface area contributed by atoms with Gasteiger partial charge in [-0.25, -0.2) is 4.79 Å². The smallest absolute Gasteiger partial charge is 0.339 e. The summed E-state index contributed by atoms with van der Waals surface area (Å²) < 4.78 is 16.1. The maximum absolute atomic E-state index is 13.2. The van der Waals surface area contributed by atoms with Crippen molar-refractivity contribution < 1.29 is 28.6 Å². The molecule has 1 aliphatic heterocycles. The third-order valence-electron chi connectivity index (χ3n) is 6.12. The van der Waals surface area contributed by atoms with Crippen molar-refractivity contribution >= 4 is 34.3 Å². The third kappa shape index (κ3) is 4.19. The average molecular weight is 460 g/mol. The van der Waals surface area contributed by atoms with Gasteiger partial charge in [-0.3, -0.25) is 14.6 Å². The van der Waals surface area contributed by atoms with Gasteiger partial charge >= 0.3 is 5.97 Å². The summed E-state index contributed by atoms with van der Waals surface area (Å²) in [5, 5.41) is 3.38. The van der Waals surface area contributed by atoms with Gasteiger partial charge in [0.1, 0.15) is 0 Å². The Hall–Kier alpha value is -3.94. The van der Waals surface area contributed by atoms with E-state index in [1.165, 1.54) is 19.1 Å². The number of para-hydroxylation sites is 1. The number of nitrogens with one attached hydrogen (secondary N) is 1. The molecule has 0 bridgehead atoms. The average Bonchev–Trinajstić information content (AvgIpc) is 3.16. The van der Waals surface area contributed by atoms with Crippen LogP contribution in [0, 0.1) is 0 Å². The second kappa shape index (κ2) is 9.13. The van der Waals surface area contributed by atoms with Gasteiger partial charge in [0.15, 0.2) is 23.9 Å². The first kappa shape index (κ1) is 21.9. The first-order valence-corrected chi connectivity index (χ1v) is 11.3. The van der Waals surface area contributed by atoms with Crippen LogP contribution in [0.1, 0.15) is 58.2 Å². The second-order valence-corrected chi connectivity index (χ2v) is 8.42. The summed E-state index contributed by atoms with van der Waals surface area (Å²) in [5.41, 5.74) is 3.64. The van der Waals surface area contributed by atoms with Crippen LogP contribution in [0.2, 0.25) is 0 Å². The molecule has 8 nitrogen and oxygen atoms in total. The zero-order valence-corrected chi connectivity index (χ0v) is 18.8. The first-order chi connectivity index (χ1) is 16.5. The Bertz CT molecular complexity index is 1320. The summed E-state index contributed by atoms with van der Waals surface area (Å²) in [6, 6.07) is 10.6. The maximum atomic E-state index is 13.2. The molecule has 5 rings (SSSR count). The van der Waals surface area contributed by atoms with E-state index in [-0.39, 0.29) is 23.8 Å². The highest BCUT2D eigenvalue weighted by Crippen LogP contribution is 2.37. The standard InChI is InChI=1S/C26H24N2O6/c1-15(29)18-11-22-23(34-14-33-22)12-21(18)28-24(30)13-32-26(31)25-16-7-3-2-4-9-19(16)27-20-10-6-5-8-17(20)25/h5-6,8,10-12H,2-4,7,9,13-14H2,1H3,(H,28,30). The van der Waals surface area contributed by atoms with E-state index in [9.17, 15) is 14.4 Å². The lowest BCUT2D eigenvalue weighted by molar-refractivity contribution is -0.119. The van der Waals surface area contributed by atoms with Crippen LogP contribution >= 0.6 is 0 Å². The summed E-state index contributed by atoms with van der Waals surface area (Å²) in [5.74, 6) is -0.469. The lowest BCUT2D eigenvalue weighted by atomic mass is 9.97. The van der Waals surface area contributed by atoms with Crippen molar-refractivity contribution in [1.29, 1.82) is 0 Å². The largest absolute Gasteiger partial charge is 0.454 e. The van der Waals surface area contributed by atoms with Crippen LogP contribution < -0.4 is 14.8 Å². The Morgan fingerprint density at radius 2 is 1.79 bits per heavy atom. The predicted octanol–water partition coefficient (Wildman–Crippen LogP) is 4.23. The Labute approximate surface area is 196 Å². The normalized spacial score (nSPS) is 14.3. The second-order valence-electron chi connectivity index (χ2n) is 8.42. The molecule has 174 valence electrons. The number of aromatic nitrogens is 1. The lowest BCUT2D eigenvalue weighted by Crippen LogP contribution is -2.23. The molecule has 8 heteroatoms. The van der Waals surface area contributed by atoms with Gasteiger partial charge in [0.05, 0.1) is 16.8 Å². The molecule has 1 amide bonds. The number of fused-ring (bicyclic) bond motifs is 3. The molecule has 2 aliphatic rings. The van der Waals surface area contributed by atoms with Crippen LogP contribution in [0.3, 0.4) is 0 Å². The fraction of sp³-hybridized carbons (Fsp3) is 0.308. The van der Waals surface area contributed by atoms with Gasteiger partial charge in [0.25, 0.3) is 5.91 Å². The molecule has 2 aromatic carbocycles. The highest BCUT2D eigenvalue weighted by molar-refractivity contribution is 6.07. The van der Waals surface area contributed by atoms with Crippen LogP contribution in [0.15, 0.2) is 36.4 Å². The quantitative estimate of drug-likeness (QED) is 0.345. The number of aryl methyl sites for hydroxylation is 1. The highest BCUT2D eigenvalue weighted by atomic mass is 16.7. The number of ether oxygens (including phenoxy) is 3. The zero-order chi connectivity index (χ0) is 23.7. The van der Waals surface area contributed by atoms with Gasteiger partial charge in [-0.05, 0) is 50.3 Å². The van der Waals surface area contributed by atoms with Crippen molar-refractivity contribution in [3.05, 3.63) is 58.8 Å². The molecule has 1 aliphatic carbocycles. The summed E-state index contributed by atoms with van der Waals surface area (Å²) in [7, 11) is 0. The van der Waals surface area contributed by atoms with Crippen molar-refractivity contribution in [2.75, 3.05) is 18.7 Å². The van der Waals surface area contributed by atoms with Crippen LogP contribution in [-0.4, -0.2) is 36.0 Å². The summed E-state index contributed by atoms with van der Waals surface area (Å²) >= 11 is 0. The highest BCUT2D eigenvalue weighted by Gasteiger charge is 2.24. The first-order valence-electron chi connectivity index (χ1n) is 11.3. The Morgan fingerprint density at radius 3 is 2.62 bits per heavy atom. The van der Waals surface area contributed by atoms with E-state index in [0.717, 1.165) is 54.3 Å². The molecule has 34 heavy (non-hydrogen) atoms. The van der Waals surface area contributed by atoms with Gasteiger partial charge in [-0.15, -0.1) is 0 Å². The Balaban J connectivity index is 1.37. The number of nitrogens with zero attached hydrogens (tertiary/aromatic N) is 1. The minimum atomic E-state index is -0.556. The SMILES string of the molecule is CC(=O)c1cc2c(cc1NC(=O)COC(=O)c1c3c(nc4ccccc14)CCCCC3)OCO2. The number of anilines is 1. The number of benzene rings is 2. The molecular formula is C26H24N2O6. The van der Waals surface area contributed by atoms with Crippen molar-refractivity contribution in [3.63, 3.8) is 0 Å². The topological polar surface area (TPSA) is 104 Å². The Morgan fingerprint density at radius 1 is 1.03 bits per heavy atom. The Kier molecular flexibility index (Phi) is 5.88. The van der Waals surface area contributed by atoms with Gasteiger partial charge in [0, 0.05) is 22.7 Å². The molecular weight excluding hydrogens is 436 g/mol. The molecule has 0 saturated heterocycles. The van der Waals surface area contributed by atoms with Crippen molar-refractivity contribution in [3.8, 4) is 11.5 Å². The molecule has 1 aromatic heterocycles. The summed E-state index contributed by atoms with van der Waals surface area (Å²) in [6.45, 7) is 0.954. The lowest BCUT2D eigenvalue weighted by Gasteiger charge is -2.15. The molecule has 2 heterocycles. The number of carbonyl (C=O) groups excluding carboxylic acids is 3. The molecule has 0 spiro atoms. The van der Waals surface area contributed by atoms with Crippen molar-refractivity contribution in [1.82, 2.24) is 4.98 Å². The van der Waals surface area contributed by atoms with E-state index < -0.39 is 18.5 Å². The number of hydrogen-bond donors (Lipinski definition) is 1. The monoisotopic (exact) mass is 460 g/mol. The molecule has 0 unspecified atom stereocenters. The number of esters is 1. The molecule has 0 fully saturated rings. The fourth-order valence-electron chi connectivity index (χ4n) is 4.51. The van der Waals surface area contributed by atoms with E-state index in [1.54, 1.807) is 0 Å². The number of amides is 1. The van der Waals surface area contributed by atoms with Crippen molar-refractivity contribution in [2.45, 2.75) is 39.0 Å². The van der Waals surface area contributed by atoms with Crippen LogP contribution in [0.5, 0.6) is 11.5 Å². The van der Waals surface area contributed by atoms with E-state index in [0.29, 0.717) is 17.1 Å². The van der Waals surface area contributed by atoms with Gasteiger partial charge in [-0.2, -0.15) is 0 Å². The number of Topliss-reactive ketones (excluding diaryl/α,β-unsaturated/α-hetero) is 1. The number of ketones is 1. The van der Waals surface area contributed by atoms with E-state index in [2.05, 4.69) is 5.32 Å². The van der Waals surface area contributed by atoms with E-state index >= 15 is 0 Å². The molecule has 0 saturated carbocycles. The maximum Gasteiger partial charge on any atom is 0.339 e. The van der Waals surface area contributed by atoms with Crippen LogP contribution in [0.4, 0.5) is 5.69 Å². The molecule has 1 N–H and O–H groups in total. The number of carbonyl (C=O) groups is 3. The summed E-state index contributed by atoms with van der Waals surface area (Å²) in [4.78, 5) is 42.7. The fourth-order valence-corrected chi connectivity index (χ4v) is 4.51. The zero-order valence-electron chi connectivity index (χ0n) is 18.8. The molecule has 0 radical (unpaired) electrons.